The summed E-state index contributed by atoms with van der Waals surface area (Å²) >= 11 is 0. The highest BCUT2D eigenvalue weighted by Crippen LogP contribution is 2.64. The summed E-state index contributed by atoms with van der Waals surface area (Å²) in [4.78, 5) is 60.6. The largest absolute Gasteiger partial charge is 0.469 e. The van der Waals surface area contributed by atoms with E-state index in [-0.39, 0.29) is 31.3 Å². The molecule has 0 aromatic carbocycles. The predicted octanol–water partition coefficient (Wildman–Crippen LogP) is -0.765. The highest BCUT2D eigenvalue weighted by atomic mass is 16.6. The Kier molecular flexibility index (Phi) is 8.28. The molecule has 2 aliphatic rings. The van der Waals surface area contributed by atoms with Crippen LogP contribution in [0.5, 0.6) is 0 Å². The zero-order valence-electron chi connectivity index (χ0n) is 19.6. The summed E-state index contributed by atoms with van der Waals surface area (Å²) in [7, 11) is 1.25. The maximum absolute atomic E-state index is 12.8. The Morgan fingerprint density at radius 3 is 2.27 bits per heavy atom. The van der Waals surface area contributed by atoms with Crippen molar-refractivity contribution < 1.29 is 43.3 Å². The van der Waals surface area contributed by atoms with Crippen LogP contribution in [-0.4, -0.2) is 79.0 Å². The van der Waals surface area contributed by atoms with E-state index < -0.39 is 66.1 Å². The molecule has 3 amide bonds. The van der Waals surface area contributed by atoms with Crippen LogP contribution in [0.4, 0.5) is 4.79 Å². The fourth-order valence-corrected chi connectivity index (χ4v) is 4.43. The van der Waals surface area contributed by atoms with Gasteiger partial charge in [-0.25, -0.2) is 9.59 Å². The van der Waals surface area contributed by atoms with Gasteiger partial charge in [0.25, 0.3) is 0 Å². The van der Waals surface area contributed by atoms with Crippen LogP contribution in [0.25, 0.3) is 0 Å². The van der Waals surface area contributed by atoms with Crippen molar-refractivity contribution in [2.24, 2.45) is 17.8 Å². The first-order chi connectivity index (χ1) is 15.3. The Hall–Kier alpha value is -2.89. The minimum Gasteiger partial charge on any atom is -0.469 e. The SMILES string of the molecule is CCOC(=O)[C@]1(NC(=O)CNC(=O)CNC(=O)OC(C)(C)C)C[C@H](O)[C@H]2[C@H](CC(=O)OC)[C@H]21. The molecule has 0 bridgehead atoms. The van der Waals surface area contributed by atoms with Crippen LogP contribution < -0.4 is 16.0 Å². The van der Waals surface area contributed by atoms with E-state index in [9.17, 15) is 29.1 Å². The molecule has 0 saturated heterocycles. The van der Waals surface area contributed by atoms with Gasteiger partial charge in [0.05, 0.1) is 26.4 Å². The monoisotopic (exact) mass is 471 g/mol. The summed E-state index contributed by atoms with van der Waals surface area (Å²) in [6.07, 6.45) is -1.73. The fourth-order valence-electron chi connectivity index (χ4n) is 4.43. The lowest BCUT2D eigenvalue weighted by Crippen LogP contribution is -2.59. The van der Waals surface area contributed by atoms with Crippen molar-refractivity contribution in [2.75, 3.05) is 26.8 Å². The van der Waals surface area contributed by atoms with Crippen molar-refractivity contribution >= 4 is 29.8 Å². The third-order valence-corrected chi connectivity index (χ3v) is 5.64. The van der Waals surface area contributed by atoms with Gasteiger partial charge in [-0.1, -0.05) is 0 Å². The third kappa shape index (κ3) is 6.56. The number of rotatable bonds is 9. The van der Waals surface area contributed by atoms with E-state index in [2.05, 4.69) is 20.7 Å². The van der Waals surface area contributed by atoms with E-state index in [4.69, 9.17) is 9.47 Å². The van der Waals surface area contributed by atoms with Crippen LogP contribution in [0.1, 0.15) is 40.5 Å². The molecular formula is C21H33N3O9. The van der Waals surface area contributed by atoms with Gasteiger partial charge in [-0.05, 0) is 39.5 Å². The number of hydrogen-bond acceptors (Lipinski definition) is 9. The van der Waals surface area contributed by atoms with Gasteiger partial charge >= 0.3 is 18.0 Å². The lowest BCUT2D eigenvalue weighted by atomic mass is 9.88. The second-order valence-corrected chi connectivity index (χ2v) is 9.19. The van der Waals surface area contributed by atoms with E-state index >= 15 is 0 Å². The molecule has 5 atom stereocenters. The Bertz CT molecular complexity index is 794. The average molecular weight is 472 g/mol. The first-order valence-corrected chi connectivity index (χ1v) is 10.8. The van der Waals surface area contributed by atoms with E-state index in [0.29, 0.717) is 0 Å². The summed E-state index contributed by atoms with van der Waals surface area (Å²) < 4.78 is 14.9. The number of aliphatic hydroxyl groups excluding tert-OH is 1. The van der Waals surface area contributed by atoms with Crippen molar-refractivity contribution in [3.8, 4) is 0 Å². The highest BCUT2D eigenvalue weighted by Gasteiger charge is 2.73. The number of aliphatic hydroxyl groups is 1. The van der Waals surface area contributed by atoms with Crippen LogP contribution in [0.2, 0.25) is 0 Å². The molecule has 0 radical (unpaired) electrons. The molecule has 12 nitrogen and oxygen atoms in total. The van der Waals surface area contributed by atoms with E-state index in [1.54, 1.807) is 27.7 Å². The van der Waals surface area contributed by atoms with Crippen molar-refractivity contribution in [1.29, 1.82) is 0 Å². The molecule has 0 unspecified atom stereocenters. The summed E-state index contributed by atoms with van der Waals surface area (Å²) in [6.45, 7) is 5.84. The number of alkyl carbamates (subject to hydrolysis) is 1. The number of carbonyl (C=O) groups is 5. The number of methoxy groups -OCH3 is 1. The summed E-state index contributed by atoms with van der Waals surface area (Å²) in [5.41, 5.74) is -2.23. The Morgan fingerprint density at radius 2 is 1.70 bits per heavy atom. The quantitative estimate of drug-likeness (QED) is 0.249. The molecule has 2 saturated carbocycles. The number of amides is 3. The van der Waals surface area contributed by atoms with Crippen molar-refractivity contribution in [1.82, 2.24) is 16.0 Å². The molecular weight excluding hydrogens is 438 g/mol. The maximum atomic E-state index is 12.8. The number of ether oxygens (including phenoxy) is 3. The molecule has 2 rings (SSSR count). The van der Waals surface area contributed by atoms with E-state index in [0.717, 1.165) is 0 Å². The van der Waals surface area contributed by atoms with Gasteiger partial charge < -0.3 is 35.3 Å². The molecule has 0 spiro atoms. The Balaban J connectivity index is 1.96. The van der Waals surface area contributed by atoms with Gasteiger partial charge in [-0.3, -0.25) is 14.4 Å². The number of nitrogens with one attached hydrogen (secondary N) is 3. The zero-order valence-corrected chi connectivity index (χ0v) is 19.6. The smallest absolute Gasteiger partial charge is 0.408 e. The zero-order chi connectivity index (χ0) is 25.0. The van der Waals surface area contributed by atoms with Gasteiger partial charge in [-0.2, -0.15) is 0 Å². The van der Waals surface area contributed by atoms with Crippen molar-refractivity contribution in [2.45, 2.75) is 57.8 Å². The predicted molar refractivity (Wildman–Crippen MR) is 112 cm³/mol. The minimum atomic E-state index is -1.50. The third-order valence-electron chi connectivity index (χ3n) is 5.64. The van der Waals surface area contributed by atoms with Gasteiger partial charge in [0.1, 0.15) is 17.7 Å². The van der Waals surface area contributed by atoms with E-state index in [1.807, 2.05) is 0 Å². The summed E-state index contributed by atoms with van der Waals surface area (Å²) in [6, 6.07) is 0. The van der Waals surface area contributed by atoms with E-state index in [1.165, 1.54) is 7.11 Å². The van der Waals surface area contributed by atoms with Crippen molar-refractivity contribution in [3.63, 3.8) is 0 Å². The second kappa shape index (κ2) is 10.4. The van der Waals surface area contributed by atoms with Gasteiger partial charge in [0.2, 0.25) is 11.8 Å². The Morgan fingerprint density at radius 1 is 1.06 bits per heavy atom. The van der Waals surface area contributed by atoms with Crippen molar-refractivity contribution in [3.05, 3.63) is 0 Å². The summed E-state index contributed by atoms with van der Waals surface area (Å²) in [5.74, 6) is -3.66. The van der Waals surface area contributed by atoms with Crippen LogP contribution in [0.15, 0.2) is 0 Å². The topological polar surface area (TPSA) is 169 Å². The average Bonchev–Trinajstić information content (AvgIpc) is 3.34. The molecule has 0 aromatic rings. The first kappa shape index (κ1) is 26.4. The fraction of sp³-hybridized carbons (Fsp3) is 0.762. The molecule has 2 aliphatic carbocycles. The number of hydrogen-bond donors (Lipinski definition) is 4. The molecule has 186 valence electrons. The molecule has 33 heavy (non-hydrogen) atoms. The Labute approximate surface area is 192 Å². The number of carbonyl (C=O) groups excluding carboxylic acids is 5. The molecule has 0 aliphatic heterocycles. The summed E-state index contributed by atoms with van der Waals surface area (Å²) in [5, 5.41) is 17.7. The van der Waals surface area contributed by atoms with Gasteiger partial charge in [0.15, 0.2) is 0 Å². The molecule has 12 heteroatoms. The van der Waals surface area contributed by atoms with Gasteiger partial charge in [0, 0.05) is 18.8 Å². The lowest BCUT2D eigenvalue weighted by molar-refractivity contribution is -0.155. The standard InChI is InChI=1S/C21H33N3O9/c1-6-32-18(29)21(8-12(25)16-11(17(16)21)7-15(28)31-5)24-14(27)10-22-13(26)9-23-19(30)33-20(2,3)4/h11-12,16-17,25H,6-10H2,1-5H3,(H,22,26)(H,23,30)(H,24,27)/t11-,12-,16+,17+,21-/m0/s1. The van der Waals surface area contributed by atoms with Gasteiger partial charge in [-0.15, -0.1) is 0 Å². The van der Waals surface area contributed by atoms with Crippen LogP contribution in [0.3, 0.4) is 0 Å². The maximum Gasteiger partial charge on any atom is 0.408 e. The molecule has 4 N–H and O–H groups in total. The molecule has 2 fully saturated rings. The van der Waals surface area contributed by atoms with Crippen LogP contribution in [0, 0.1) is 17.8 Å². The molecule has 0 aromatic heterocycles. The lowest BCUT2D eigenvalue weighted by Gasteiger charge is -2.31. The second-order valence-electron chi connectivity index (χ2n) is 9.19. The first-order valence-electron chi connectivity index (χ1n) is 10.8. The van der Waals surface area contributed by atoms with Crippen LogP contribution >= 0.6 is 0 Å². The van der Waals surface area contributed by atoms with Crippen LogP contribution in [-0.2, 0) is 33.4 Å². The normalized spacial score (nSPS) is 27.6. The highest BCUT2D eigenvalue weighted by molar-refractivity contribution is 5.92. The molecule has 0 heterocycles. The number of fused-ring (bicyclic) bond motifs is 1. The number of esters is 2. The minimum absolute atomic E-state index is 0.00693.